The highest BCUT2D eigenvalue weighted by molar-refractivity contribution is 8.14. The first-order valence-corrected chi connectivity index (χ1v) is 18.7. The molecule has 40 heavy (non-hydrogen) atoms. The van der Waals surface area contributed by atoms with Crippen molar-refractivity contribution >= 4 is 43.7 Å². The second kappa shape index (κ2) is 10.7. The fraction of sp³-hybridized carbons (Fsp3) is 0.750. The average molecular weight is 594 g/mol. The van der Waals surface area contributed by atoms with Crippen molar-refractivity contribution in [1.29, 1.82) is 0 Å². The van der Waals surface area contributed by atoms with Crippen molar-refractivity contribution < 1.29 is 28.0 Å². The Morgan fingerprint density at radius 2 is 1.82 bits per heavy atom. The van der Waals surface area contributed by atoms with E-state index in [4.69, 9.17) is 23.8 Å². The van der Waals surface area contributed by atoms with Crippen LogP contribution in [0.3, 0.4) is 0 Å². The van der Waals surface area contributed by atoms with Gasteiger partial charge in [0.15, 0.2) is 5.17 Å². The molecule has 3 heterocycles. The summed E-state index contributed by atoms with van der Waals surface area (Å²) in [5.41, 5.74) is -1.68. The standard InChI is InChI=1S/C28H45BFN3O5SSi/c1-25(2,3)36-24(34)33(17-35-12-13-40(9,10)11)23-32-28(8,19-15-21(19)39-23)20-14-18(16-31-22(20)30)29-37-26(4,5)27(6,7)38-29/h14,16,19,21H,12-13,15,17H2,1-11H3. The van der Waals surface area contributed by atoms with Crippen molar-refractivity contribution in [3.63, 3.8) is 0 Å². The average Bonchev–Trinajstić information content (AvgIpc) is 3.53. The Morgan fingerprint density at radius 3 is 2.40 bits per heavy atom. The van der Waals surface area contributed by atoms with E-state index < -0.39 is 49.6 Å². The molecule has 3 unspecified atom stereocenters. The van der Waals surface area contributed by atoms with E-state index in [9.17, 15) is 4.79 Å². The van der Waals surface area contributed by atoms with E-state index >= 15 is 4.39 Å². The summed E-state index contributed by atoms with van der Waals surface area (Å²) in [4.78, 5) is 24.0. The number of aromatic nitrogens is 1. The van der Waals surface area contributed by atoms with E-state index in [2.05, 4.69) is 24.6 Å². The van der Waals surface area contributed by atoms with Crippen LogP contribution in [0.15, 0.2) is 17.3 Å². The van der Waals surface area contributed by atoms with Crippen LogP contribution in [-0.2, 0) is 24.3 Å². The normalized spacial score (nSPS) is 27.2. The van der Waals surface area contributed by atoms with E-state index in [-0.39, 0.29) is 17.9 Å². The molecule has 1 saturated carbocycles. The molecule has 3 atom stereocenters. The predicted octanol–water partition coefficient (Wildman–Crippen LogP) is 5.78. The number of pyridine rings is 1. The number of nitrogens with zero attached hydrogens (tertiary/aromatic N) is 3. The van der Waals surface area contributed by atoms with E-state index in [0.717, 1.165) is 12.5 Å². The van der Waals surface area contributed by atoms with Crippen LogP contribution in [0.4, 0.5) is 9.18 Å². The lowest BCUT2D eigenvalue weighted by Crippen LogP contribution is -2.44. The van der Waals surface area contributed by atoms with E-state index in [1.807, 2.05) is 55.4 Å². The van der Waals surface area contributed by atoms with Gasteiger partial charge in [-0.1, -0.05) is 37.5 Å². The zero-order valence-corrected chi connectivity index (χ0v) is 27.7. The van der Waals surface area contributed by atoms with Gasteiger partial charge >= 0.3 is 13.2 Å². The highest BCUT2D eigenvalue weighted by atomic mass is 32.2. The third-order valence-electron chi connectivity index (χ3n) is 8.03. The van der Waals surface area contributed by atoms with Gasteiger partial charge in [0.1, 0.15) is 12.3 Å². The number of ether oxygens (including phenoxy) is 2. The minimum atomic E-state index is -1.31. The lowest BCUT2D eigenvalue weighted by atomic mass is 9.77. The molecule has 1 amide bonds. The van der Waals surface area contributed by atoms with Gasteiger partial charge in [-0.3, -0.25) is 4.99 Å². The Morgan fingerprint density at radius 1 is 1.20 bits per heavy atom. The molecule has 1 aliphatic carbocycles. The van der Waals surface area contributed by atoms with Gasteiger partial charge in [0.2, 0.25) is 5.95 Å². The van der Waals surface area contributed by atoms with Crippen molar-refractivity contribution in [3.8, 4) is 0 Å². The fourth-order valence-corrected chi connectivity index (χ4v) is 6.94. The second-order valence-electron chi connectivity index (χ2n) is 14.5. The summed E-state index contributed by atoms with van der Waals surface area (Å²) >= 11 is 1.53. The summed E-state index contributed by atoms with van der Waals surface area (Å²) in [6.07, 6.45) is 1.79. The molecular formula is C28H45BFN3O5SSi. The van der Waals surface area contributed by atoms with Crippen LogP contribution in [0.2, 0.25) is 25.7 Å². The van der Waals surface area contributed by atoms with Crippen molar-refractivity contribution in [3.05, 3.63) is 23.8 Å². The number of halogens is 1. The molecule has 0 aromatic carbocycles. The lowest BCUT2D eigenvalue weighted by molar-refractivity contribution is 0.00578. The summed E-state index contributed by atoms with van der Waals surface area (Å²) in [7, 11) is -1.98. The molecule has 0 spiro atoms. The minimum absolute atomic E-state index is 0.0212. The Bertz CT molecular complexity index is 1160. The number of amidine groups is 1. The zero-order valence-electron chi connectivity index (χ0n) is 25.9. The molecule has 1 saturated heterocycles. The summed E-state index contributed by atoms with van der Waals surface area (Å²) in [5.74, 6) is -0.474. The highest BCUT2D eigenvalue weighted by Gasteiger charge is 2.58. The summed E-state index contributed by atoms with van der Waals surface area (Å²) < 4.78 is 39.6. The molecule has 0 N–H and O–H groups in total. The SMILES string of the molecule is CC(C)(C)OC(=O)N(COCC[Si](C)(C)C)C1=NC(C)(c2cc(B3OC(C)(C)C(C)(C)O3)cnc2F)C2CC2S1. The first kappa shape index (κ1) is 31.5. The summed E-state index contributed by atoms with van der Waals surface area (Å²) in [6, 6.07) is 2.74. The molecule has 0 radical (unpaired) electrons. The Hall–Kier alpha value is -1.47. The zero-order chi connectivity index (χ0) is 29.9. The van der Waals surface area contributed by atoms with E-state index in [0.29, 0.717) is 22.8 Å². The number of fused-ring (bicyclic) bond motifs is 1. The van der Waals surface area contributed by atoms with Crippen molar-refractivity contribution in [2.75, 3.05) is 13.3 Å². The molecule has 3 aliphatic rings. The lowest BCUT2D eigenvalue weighted by Gasteiger charge is -2.35. The van der Waals surface area contributed by atoms with Crippen molar-refractivity contribution in [2.24, 2.45) is 10.9 Å². The molecule has 4 rings (SSSR count). The number of rotatable bonds is 7. The molecule has 222 valence electrons. The molecule has 12 heteroatoms. The van der Waals surface area contributed by atoms with Crippen LogP contribution in [0.25, 0.3) is 0 Å². The number of amides is 1. The predicted molar refractivity (Wildman–Crippen MR) is 161 cm³/mol. The van der Waals surface area contributed by atoms with Gasteiger partial charge in [0.05, 0.1) is 16.7 Å². The Labute approximate surface area is 244 Å². The van der Waals surface area contributed by atoms with Crippen molar-refractivity contribution in [1.82, 2.24) is 9.88 Å². The maximum Gasteiger partial charge on any atom is 0.496 e. The van der Waals surface area contributed by atoms with Crippen LogP contribution in [0.1, 0.15) is 67.4 Å². The maximum absolute atomic E-state index is 15.5. The molecule has 2 fully saturated rings. The topological polar surface area (TPSA) is 82.5 Å². The molecule has 1 aromatic heterocycles. The molecule has 1 aromatic rings. The van der Waals surface area contributed by atoms with Gasteiger partial charge in [0.25, 0.3) is 0 Å². The third kappa shape index (κ3) is 6.77. The monoisotopic (exact) mass is 593 g/mol. The second-order valence-corrected chi connectivity index (χ2v) is 21.3. The number of aliphatic imine (C=N–C) groups is 1. The van der Waals surface area contributed by atoms with E-state index in [1.54, 1.807) is 6.07 Å². The number of hydrogen-bond donors (Lipinski definition) is 0. The number of thioether (sulfide) groups is 1. The number of hydrogen-bond acceptors (Lipinski definition) is 8. The fourth-order valence-electron chi connectivity index (χ4n) is 4.69. The highest BCUT2D eigenvalue weighted by Crippen LogP contribution is 2.58. The maximum atomic E-state index is 15.5. The molecule has 2 aliphatic heterocycles. The minimum Gasteiger partial charge on any atom is -0.443 e. The van der Waals surface area contributed by atoms with Crippen LogP contribution in [-0.4, -0.2) is 71.7 Å². The van der Waals surface area contributed by atoms with Gasteiger partial charge < -0.3 is 18.8 Å². The molecular weight excluding hydrogens is 548 g/mol. The van der Waals surface area contributed by atoms with Gasteiger partial charge in [-0.25, -0.2) is 14.7 Å². The molecule has 8 nitrogen and oxygen atoms in total. The van der Waals surface area contributed by atoms with Gasteiger partial charge in [0, 0.05) is 43.1 Å². The van der Waals surface area contributed by atoms with Gasteiger partial charge in [-0.15, -0.1) is 0 Å². The number of carbonyl (C=O) groups excluding carboxylic acids is 1. The van der Waals surface area contributed by atoms with E-state index in [1.165, 1.54) is 22.9 Å². The van der Waals surface area contributed by atoms with Gasteiger partial charge in [-0.05, 0) is 67.9 Å². The van der Waals surface area contributed by atoms with Crippen molar-refractivity contribution in [2.45, 2.75) is 115 Å². The first-order chi connectivity index (χ1) is 18.2. The summed E-state index contributed by atoms with van der Waals surface area (Å²) in [5, 5.41) is 0.674. The van der Waals surface area contributed by atoms with Crippen LogP contribution < -0.4 is 5.46 Å². The van der Waals surface area contributed by atoms with Crippen LogP contribution in [0.5, 0.6) is 0 Å². The van der Waals surface area contributed by atoms with Crippen LogP contribution >= 0.6 is 11.8 Å². The quantitative estimate of drug-likeness (QED) is 0.172. The molecule has 0 bridgehead atoms. The van der Waals surface area contributed by atoms with Crippen LogP contribution in [0, 0.1) is 11.9 Å². The number of carbonyl (C=O) groups is 1. The first-order valence-electron chi connectivity index (χ1n) is 14.1. The largest absolute Gasteiger partial charge is 0.496 e. The smallest absolute Gasteiger partial charge is 0.443 e. The van der Waals surface area contributed by atoms with Gasteiger partial charge in [-0.2, -0.15) is 4.39 Å². The Balaban J connectivity index is 1.66. The third-order valence-corrected chi connectivity index (χ3v) is 11.1. The Kier molecular flexibility index (Phi) is 8.39. The summed E-state index contributed by atoms with van der Waals surface area (Å²) in [6.45, 7) is 22.7.